The van der Waals surface area contributed by atoms with E-state index >= 15 is 0 Å². The summed E-state index contributed by atoms with van der Waals surface area (Å²) in [6.45, 7) is 4.56. The highest BCUT2D eigenvalue weighted by Gasteiger charge is 2.27. The van der Waals surface area contributed by atoms with Crippen LogP contribution < -0.4 is 10.2 Å². The van der Waals surface area contributed by atoms with Gasteiger partial charge in [-0.1, -0.05) is 36.4 Å². The van der Waals surface area contributed by atoms with Gasteiger partial charge in [0.2, 0.25) is 0 Å². The Balaban J connectivity index is 1.47. The Hall–Kier alpha value is -2.44. The maximum Gasteiger partial charge on any atom is 0.322 e. The minimum Gasteiger partial charge on any atom is -0.379 e. The summed E-state index contributed by atoms with van der Waals surface area (Å²) in [4.78, 5) is 17.0. The van der Waals surface area contributed by atoms with Gasteiger partial charge in [-0.05, 0) is 36.1 Å². The number of amides is 2. The Morgan fingerprint density at radius 3 is 2.68 bits per heavy atom. The van der Waals surface area contributed by atoms with Crippen LogP contribution in [0.15, 0.2) is 48.5 Å². The van der Waals surface area contributed by atoms with Crippen molar-refractivity contribution in [3.8, 4) is 0 Å². The van der Waals surface area contributed by atoms with E-state index in [0.29, 0.717) is 12.2 Å². The lowest BCUT2D eigenvalue weighted by molar-refractivity contribution is 0.0341. The van der Waals surface area contributed by atoms with Crippen LogP contribution in [0.5, 0.6) is 0 Å². The molecule has 2 aliphatic rings. The molecule has 6 heteroatoms. The number of hydrogen-bond acceptors (Lipinski definition) is 3. The van der Waals surface area contributed by atoms with Gasteiger partial charge in [-0.25, -0.2) is 9.18 Å². The minimum absolute atomic E-state index is 0.0226. The topological polar surface area (TPSA) is 44.8 Å². The molecule has 1 atom stereocenters. The van der Waals surface area contributed by atoms with Gasteiger partial charge in [0, 0.05) is 32.2 Å². The van der Waals surface area contributed by atoms with Crippen molar-refractivity contribution < 1.29 is 13.9 Å². The first-order chi connectivity index (χ1) is 13.7. The predicted octanol–water partition coefficient (Wildman–Crippen LogP) is 2.84. The number of rotatable bonds is 5. The van der Waals surface area contributed by atoms with Crippen molar-refractivity contribution in [1.29, 1.82) is 0 Å². The second-order valence-electron chi connectivity index (χ2n) is 7.42. The third-order valence-electron chi connectivity index (χ3n) is 5.42. The molecule has 0 spiro atoms. The summed E-state index contributed by atoms with van der Waals surface area (Å²) in [6, 6.07) is 14.7. The van der Waals surface area contributed by atoms with Crippen molar-refractivity contribution in [2.24, 2.45) is 0 Å². The van der Waals surface area contributed by atoms with E-state index in [-0.39, 0.29) is 17.9 Å². The van der Waals surface area contributed by atoms with Crippen molar-refractivity contribution in [3.05, 3.63) is 65.5 Å². The van der Waals surface area contributed by atoms with Crippen LogP contribution in [0.25, 0.3) is 0 Å². The van der Waals surface area contributed by atoms with Crippen LogP contribution in [0.1, 0.15) is 11.1 Å². The molecular weight excluding hydrogens is 357 g/mol. The van der Waals surface area contributed by atoms with Gasteiger partial charge >= 0.3 is 6.03 Å². The number of urea groups is 1. The SMILES string of the molecule is O=C(NC(Cc1ccccc1)CN1CCOCC1)N1CCc2ccc(F)cc21. The van der Waals surface area contributed by atoms with E-state index in [0.717, 1.165) is 51.3 Å². The average Bonchev–Trinajstić information content (AvgIpc) is 3.12. The van der Waals surface area contributed by atoms with Crippen LogP contribution >= 0.6 is 0 Å². The van der Waals surface area contributed by atoms with E-state index in [1.54, 1.807) is 11.0 Å². The Bertz CT molecular complexity index is 809. The molecule has 2 amide bonds. The smallest absolute Gasteiger partial charge is 0.322 e. The zero-order valence-corrected chi connectivity index (χ0v) is 15.9. The van der Waals surface area contributed by atoms with E-state index in [1.807, 2.05) is 18.2 Å². The zero-order valence-electron chi connectivity index (χ0n) is 15.9. The number of nitrogens with zero attached hydrogens (tertiary/aromatic N) is 2. The summed E-state index contributed by atoms with van der Waals surface area (Å²) < 4.78 is 19.1. The fourth-order valence-corrected chi connectivity index (χ4v) is 3.97. The zero-order chi connectivity index (χ0) is 19.3. The molecule has 148 valence electrons. The molecule has 0 saturated carbocycles. The number of morpholine rings is 1. The van der Waals surface area contributed by atoms with Gasteiger partial charge in [0.05, 0.1) is 18.9 Å². The predicted molar refractivity (Wildman–Crippen MR) is 107 cm³/mol. The Labute approximate surface area is 165 Å². The van der Waals surface area contributed by atoms with E-state index in [2.05, 4.69) is 22.3 Å². The molecule has 0 bridgehead atoms. The van der Waals surface area contributed by atoms with Crippen molar-refractivity contribution >= 4 is 11.7 Å². The molecule has 0 radical (unpaired) electrons. The lowest BCUT2D eigenvalue weighted by Crippen LogP contribution is -2.51. The number of nitrogens with one attached hydrogen (secondary N) is 1. The first-order valence-corrected chi connectivity index (χ1v) is 9.89. The van der Waals surface area contributed by atoms with E-state index in [9.17, 15) is 9.18 Å². The van der Waals surface area contributed by atoms with Gasteiger partial charge in [-0.2, -0.15) is 0 Å². The van der Waals surface area contributed by atoms with Crippen molar-refractivity contribution in [2.75, 3.05) is 44.3 Å². The summed E-state index contributed by atoms with van der Waals surface area (Å²) in [6.07, 6.45) is 1.52. The van der Waals surface area contributed by atoms with Crippen LogP contribution in [0.2, 0.25) is 0 Å². The molecule has 1 fully saturated rings. The van der Waals surface area contributed by atoms with Gasteiger partial charge in [-0.15, -0.1) is 0 Å². The third-order valence-corrected chi connectivity index (χ3v) is 5.42. The lowest BCUT2D eigenvalue weighted by atomic mass is 10.1. The number of carbonyl (C=O) groups is 1. The van der Waals surface area contributed by atoms with Crippen molar-refractivity contribution in [3.63, 3.8) is 0 Å². The summed E-state index contributed by atoms with van der Waals surface area (Å²) >= 11 is 0. The van der Waals surface area contributed by atoms with Gasteiger partial charge < -0.3 is 10.1 Å². The number of hydrogen-bond donors (Lipinski definition) is 1. The normalized spacial score (nSPS) is 18.0. The van der Waals surface area contributed by atoms with Crippen LogP contribution in [0.4, 0.5) is 14.9 Å². The van der Waals surface area contributed by atoms with Crippen LogP contribution in [0, 0.1) is 5.82 Å². The molecule has 2 heterocycles. The molecule has 0 aliphatic carbocycles. The van der Waals surface area contributed by atoms with Crippen LogP contribution in [0.3, 0.4) is 0 Å². The maximum atomic E-state index is 13.7. The number of ether oxygens (including phenoxy) is 1. The molecule has 2 aromatic rings. The minimum atomic E-state index is -0.312. The van der Waals surface area contributed by atoms with Crippen molar-refractivity contribution in [2.45, 2.75) is 18.9 Å². The highest BCUT2D eigenvalue weighted by atomic mass is 19.1. The summed E-state index contributed by atoms with van der Waals surface area (Å²) in [5, 5.41) is 3.20. The maximum absolute atomic E-state index is 13.7. The Kier molecular flexibility index (Phi) is 5.88. The number of benzene rings is 2. The lowest BCUT2D eigenvalue weighted by Gasteiger charge is -2.32. The molecule has 28 heavy (non-hydrogen) atoms. The highest BCUT2D eigenvalue weighted by Crippen LogP contribution is 2.28. The fourth-order valence-electron chi connectivity index (χ4n) is 3.97. The van der Waals surface area contributed by atoms with E-state index in [4.69, 9.17) is 4.74 Å². The Morgan fingerprint density at radius 1 is 1.11 bits per heavy atom. The fraction of sp³-hybridized carbons (Fsp3) is 0.409. The monoisotopic (exact) mass is 383 g/mol. The Morgan fingerprint density at radius 2 is 1.89 bits per heavy atom. The standard InChI is InChI=1S/C22H26FN3O2/c23-19-7-6-18-8-9-26(21(18)15-19)22(27)24-20(14-17-4-2-1-3-5-17)16-25-10-12-28-13-11-25/h1-7,15,20H,8-14,16H2,(H,24,27). The first kappa shape index (κ1) is 18.9. The van der Waals surface area contributed by atoms with Gasteiger partial charge in [0.15, 0.2) is 0 Å². The van der Waals surface area contributed by atoms with E-state index < -0.39 is 0 Å². The number of fused-ring (bicyclic) bond motifs is 1. The van der Waals surface area contributed by atoms with E-state index in [1.165, 1.54) is 17.7 Å². The van der Waals surface area contributed by atoms with Gasteiger partial charge in [0.1, 0.15) is 5.82 Å². The molecule has 1 N–H and O–H groups in total. The van der Waals surface area contributed by atoms with Gasteiger partial charge in [0.25, 0.3) is 0 Å². The molecule has 5 nitrogen and oxygen atoms in total. The van der Waals surface area contributed by atoms with Crippen LogP contribution in [-0.2, 0) is 17.6 Å². The summed E-state index contributed by atoms with van der Waals surface area (Å²) in [5.74, 6) is -0.312. The number of halogens is 1. The molecule has 1 saturated heterocycles. The first-order valence-electron chi connectivity index (χ1n) is 9.89. The van der Waals surface area contributed by atoms with Crippen LogP contribution in [-0.4, -0.2) is 56.4 Å². The molecule has 1 unspecified atom stereocenters. The highest BCUT2D eigenvalue weighted by molar-refractivity contribution is 5.94. The second kappa shape index (κ2) is 8.71. The molecular formula is C22H26FN3O2. The number of anilines is 1. The van der Waals surface area contributed by atoms with Gasteiger partial charge in [-0.3, -0.25) is 9.80 Å². The number of carbonyl (C=O) groups excluding carboxylic acids is 1. The second-order valence-corrected chi connectivity index (χ2v) is 7.42. The third kappa shape index (κ3) is 4.51. The molecule has 0 aromatic heterocycles. The van der Waals surface area contributed by atoms with Crippen molar-refractivity contribution in [1.82, 2.24) is 10.2 Å². The average molecular weight is 383 g/mol. The molecule has 2 aliphatic heterocycles. The molecule has 2 aromatic carbocycles. The largest absolute Gasteiger partial charge is 0.379 e. The summed E-state index contributed by atoms with van der Waals surface area (Å²) in [5.41, 5.74) is 2.89. The summed E-state index contributed by atoms with van der Waals surface area (Å²) in [7, 11) is 0. The quantitative estimate of drug-likeness (QED) is 0.864. The molecule has 4 rings (SSSR count).